The lowest BCUT2D eigenvalue weighted by Crippen LogP contribution is -2.28. The molecule has 0 aromatic carbocycles. The minimum absolute atomic E-state index is 0.0240. The van der Waals surface area contributed by atoms with Gasteiger partial charge in [-0.3, -0.25) is 4.79 Å². The second kappa shape index (κ2) is 6.97. The van der Waals surface area contributed by atoms with Crippen LogP contribution >= 0.6 is 11.5 Å². The molecule has 1 amide bonds. The number of aryl methyl sites for hydroxylation is 1. The third-order valence-electron chi connectivity index (χ3n) is 2.32. The molecular weight excluding hydrogens is 248 g/mol. The summed E-state index contributed by atoms with van der Waals surface area (Å²) in [4.78, 5) is 11.5. The first-order valence-corrected chi connectivity index (χ1v) is 6.69. The summed E-state index contributed by atoms with van der Waals surface area (Å²) in [7, 11) is 0. The number of hydrogen-bond acceptors (Lipinski definition) is 5. The third kappa shape index (κ3) is 4.34. The SMILES string of the molecule is Cc1nsc(NCCC(=O)NCC(C)C)c1C#N. The molecule has 0 spiro atoms. The fourth-order valence-corrected chi connectivity index (χ4v) is 2.09. The standard InChI is InChI=1S/C12H18N4OS/c1-8(2)7-15-11(17)4-5-14-12-10(6-13)9(3)16-18-12/h8,14H,4-5,7H2,1-3H3,(H,15,17). The summed E-state index contributed by atoms with van der Waals surface area (Å²) in [6, 6.07) is 2.11. The minimum Gasteiger partial charge on any atom is -0.374 e. The molecular formula is C12H18N4OS. The number of carbonyl (C=O) groups excluding carboxylic acids is 1. The molecule has 0 aliphatic heterocycles. The highest BCUT2D eigenvalue weighted by atomic mass is 32.1. The zero-order chi connectivity index (χ0) is 13.5. The van der Waals surface area contributed by atoms with E-state index >= 15 is 0 Å². The van der Waals surface area contributed by atoms with Gasteiger partial charge in [0.25, 0.3) is 0 Å². The van der Waals surface area contributed by atoms with E-state index in [0.29, 0.717) is 31.0 Å². The van der Waals surface area contributed by atoms with Gasteiger partial charge in [0.15, 0.2) is 0 Å². The van der Waals surface area contributed by atoms with Crippen molar-refractivity contribution in [1.29, 1.82) is 5.26 Å². The molecule has 0 unspecified atom stereocenters. The first-order valence-electron chi connectivity index (χ1n) is 5.91. The van der Waals surface area contributed by atoms with Gasteiger partial charge < -0.3 is 10.6 Å². The number of nitriles is 1. The Labute approximate surface area is 111 Å². The largest absolute Gasteiger partial charge is 0.374 e. The van der Waals surface area contributed by atoms with Crippen molar-refractivity contribution in [2.45, 2.75) is 27.2 Å². The van der Waals surface area contributed by atoms with E-state index in [0.717, 1.165) is 10.7 Å². The van der Waals surface area contributed by atoms with Crippen LogP contribution in [-0.2, 0) is 4.79 Å². The molecule has 0 saturated carbocycles. The van der Waals surface area contributed by atoms with Crippen LogP contribution in [0, 0.1) is 24.2 Å². The highest BCUT2D eigenvalue weighted by Gasteiger charge is 2.10. The fraction of sp³-hybridized carbons (Fsp3) is 0.583. The number of hydrogen-bond donors (Lipinski definition) is 2. The molecule has 2 N–H and O–H groups in total. The van der Waals surface area contributed by atoms with Crippen LogP contribution in [0.15, 0.2) is 0 Å². The van der Waals surface area contributed by atoms with Gasteiger partial charge in [-0.2, -0.15) is 9.64 Å². The summed E-state index contributed by atoms with van der Waals surface area (Å²) >= 11 is 1.26. The number of carbonyl (C=O) groups is 1. The lowest BCUT2D eigenvalue weighted by molar-refractivity contribution is -0.120. The normalized spacial score (nSPS) is 10.2. The number of anilines is 1. The van der Waals surface area contributed by atoms with E-state index in [1.165, 1.54) is 11.5 Å². The fourth-order valence-electron chi connectivity index (χ4n) is 1.32. The van der Waals surface area contributed by atoms with Gasteiger partial charge >= 0.3 is 0 Å². The maximum absolute atomic E-state index is 11.5. The van der Waals surface area contributed by atoms with Crippen LogP contribution in [0.25, 0.3) is 0 Å². The second-order valence-electron chi connectivity index (χ2n) is 4.46. The van der Waals surface area contributed by atoms with Crippen LogP contribution < -0.4 is 10.6 Å². The van der Waals surface area contributed by atoms with Crippen molar-refractivity contribution < 1.29 is 4.79 Å². The Morgan fingerprint density at radius 1 is 1.56 bits per heavy atom. The number of nitrogens with zero attached hydrogens (tertiary/aromatic N) is 2. The van der Waals surface area contributed by atoms with Gasteiger partial charge in [0.2, 0.25) is 5.91 Å². The van der Waals surface area contributed by atoms with E-state index < -0.39 is 0 Å². The van der Waals surface area contributed by atoms with Crippen LogP contribution in [0.4, 0.5) is 5.00 Å². The Kier molecular flexibility index (Phi) is 5.59. The van der Waals surface area contributed by atoms with Crippen LogP contribution in [0.3, 0.4) is 0 Å². The van der Waals surface area contributed by atoms with Crippen molar-refractivity contribution in [2.24, 2.45) is 5.92 Å². The number of rotatable bonds is 6. The van der Waals surface area contributed by atoms with E-state index in [1.54, 1.807) is 6.92 Å². The predicted molar refractivity (Wildman–Crippen MR) is 72.5 cm³/mol. The molecule has 0 aliphatic rings. The number of aromatic nitrogens is 1. The van der Waals surface area contributed by atoms with Crippen molar-refractivity contribution in [3.05, 3.63) is 11.3 Å². The first-order chi connectivity index (χ1) is 8.54. The smallest absolute Gasteiger partial charge is 0.221 e. The van der Waals surface area contributed by atoms with Crippen LogP contribution in [0.2, 0.25) is 0 Å². The maximum Gasteiger partial charge on any atom is 0.221 e. The molecule has 1 rings (SSSR count). The summed E-state index contributed by atoms with van der Waals surface area (Å²) in [5, 5.41) is 15.6. The summed E-state index contributed by atoms with van der Waals surface area (Å²) in [6.07, 6.45) is 0.397. The second-order valence-corrected chi connectivity index (χ2v) is 5.23. The van der Waals surface area contributed by atoms with Gasteiger partial charge in [0.05, 0.1) is 5.69 Å². The minimum atomic E-state index is 0.0240. The molecule has 0 saturated heterocycles. The van der Waals surface area contributed by atoms with Crippen LogP contribution in [0.1, 0.15) is 31.5 Å². The Hall–Kier alpha value is -1.61. The lowest BCUT2D eigenvalue weighted by Gasteiger charge is -2.08. The average Bonchev–Trinajstić information content (AvgIpc) is 2.67. The molecule has 1 aromatic rings. The number of amides is 1. The molecule has 18 heavy (non-hydrogen) atoms. The topological polar surface area (TPSA) is 77.8 Å². The zero-order valence-corrected chi connectivity index (χ0v) is 11.7. The summed E-state index contributed by atoms with van der Waals surface area (Å²) in [6.45, 7) is 7.12. The van der Waals surface area contributed by atoms with E-state index in [1.807, 2.05) is 0 Å². The Morgan fingerprint density at radius 2 is 2.28 bits per heavy atom. The molecule has 5 nitrogen and oxygen atoms in total. The average molecular weight is 266 g/mol. The van der Waals surface area contributed by atoms with Crippen molar-refractivity contribution in [1.82, 2.24) is 9.69 Å². The molecule has 1 aromatic heterocycles. The summed E-state index contributed by atoms with van der Waals surface area (Å²) < 4.78 is 4.10. The molecule has 0 radical (unpaired) electrons. The Morgan fingerprint density at radius 3 is 2.89 bits per heavy atom. The third-order valence-corrected chi connectivity index (χ3v) is 3.22. The molecule has 0 aliphatic carbocycles. The highest BCUT2D eigenvalue weighted by Crippen LogP contribution is 2.22. The molecule has 0 atom stereocenters. The van der Waals surface area contributed by atoms with E-state index in [9.17, 15) is 4.79 Å². The van der Waals surface area contributed by atoms with Crippen LogP contribution in [0.5, 0.6) is 0 Å². The van der Waals surface area contributed by atoms with E-state index in [-0.39, 0.29) is 5.91 Å². The van der Waals surface area contributed by atoms with Gasteiger partial charge in [-0.15, -0.1) is 0 Å². The van der Waals surface area contributed by atoms with E-state index in [2.05, 4.69) is 34.9 Å². The molecule has 98 valence electrons. The lowest BCUT2D eigenvalue weighted by atomic mass is 10.2. The molecule has 0 fully saturated rings. The van der Waals surface area contributed by atoms with Gasteiger partial charge in [-0.1, -0.05) is 13.8 Å². The predicted octanol–water partition coefficient (Wildman–Crippen LogP) is 1.90. The molecule has 1 heterocycles. The monoisotopic (exact) mass is 266 g/mol. The summed E-state index contributed by atoms with van der Waals surface area (Å²) in [5.74, 6) is 0.479. The first kappa shape index (κ1) is 14.5. The molecule has 6 heteroatoms. The van der Waals surface area contributed by atoms with E-state index in [4.69, 9.17) is 5.26 Å². The van der Waals surface area contributed by atoms with Gasteiger partial charge in [0, 0.05) is 19.5 Å². The van der Waals surface area contributed by atoms with Gasteiger partial charge in [0.1, 0.15) is 16.6 Å². The van der Waals surface area contributed by atoms with Crippen molar-refractivity contribution in [2.75, 3.05) is 18.4 Å². The number of nitrogens with one attached hydrogen (secondary N) is 2. The van der Waals surface area contributed by atoms with Gasteiger partial charge in [-0.05, 0) is 24.4 Å². The van der Waals surface area contributed by atoms with Crippen LogP contribution in [-0.4, -0.2) is 23.4 Å². The zero-order valence-electron chi connectivity index (χ0n) is 10.9. The highest BCUT2D eigenvalue weighted by molar-refractivity contribution is 7.10. The van der Waals surface area contributed by atoms with Crippen molar-refractivity contribution in [3.63, 3.8) is 0 Å². The summed E-state index contributed by atoms with van der Waals surface area (Å²) in [5.41, 5.74) is 1.30. The quantitative estimate of drug-likeness (QED) is 0.824. The van der Waals surface area contributed by atoms with Crippen molar-refractivity contribution in [3.8, 4) is 6.07 Å². The van der Waals surface area contributed by atoms with Gasteiger partial charge in [-0.25, -0.2) is 0 Å². The van der Waals surface area contributed by atoms with Crippen molar-refractivity contribution >= 4 is 22.4 Å². The maximum atomic E-state index is 11.5. The molecule has 0 bridgehead atoms. The Balaban J connectivity index is 2.34. The Bertz CT molecular complexity index is 447.